The second-order valence-corrected chi connectivity index (χ2v) is 3.83. The summed E-state index contributed by atoms with van der Waals surface area (Å²) in [5.41, 5.74) is 5.83. The molecule has 0 unspecified atom stereocenters. The van der Waals surface area contributed by atoms with Crippen molar-refractivity contribution in [2.24, 2.45) is 12.8 Å². The van der Waals surface area contributed by atoms with Crippen LogP contribution in [0, 0.1) is 0 Å². The maximum absolute atomic E-state index is 11.8. The number of para-hydroxylation sites is 1. The Labute approximate surface area is 109 Å². The zero-order valence-corrected chi connectivity index (χ0v) is 10.3. The number of anilines is 2. The molecule has 0 atom stereocenters. The van der Waals surface area contributed by atoms with E-state index in [0.717, 1.165) is 0 Å². The largest absolute Gasteiger partial charge is 0.366 e. The summed E-state index contributed by atoms with van der Waals surface area (Å²) in [6.07, 6.45) is 1.56. The minimum atomic E-state index is -0.601. The van der Waals surface area contributed by atoms with E-state index in [1.807, 2.05) is 0 Å². The van der Waals surface area contributed by atoms with Crippen molar-refractivity contribution in [2.75, 3.05) is 10.6 Å². The first kappa shape index (κ1) is 12.6. The van der Waals surface area contributed by atoms with E-state index >= 15 is 0 Å². The number of aromatic nitrogens is 2. The van der Waals surface area contributed by atoms with Crippen LogP contribution in [-0.2, 0) is 7.05 Å². The smallest absolute Gasteiger partial charge is 0.324 e. The molecule has 3 amide bonds. The lowest BCUT2D eigenvalue weighted by Crippen LogP contribution is -2.23. The lowest BCUT2D eigenvalue weighted by Gasteiger charge is -2.10. The van der Waals surface area contributed by atoms with Gasteiger partial charge in [0.2, 0.25) is 0 Å². The Morgan fingerprint density at radius 2 is 1.95 bits per heavy atom. The monoisotopic (exact) mass is 259 g/mol. The van der Waals surface area contributed by atoms with Crippen molar-refractivity contribution in [3.8, 4) is 0 Å². The van der Waals surface area contributed by atoms with Gasteiger partial charge in [-0.3, -0.25) is 14.8 Å². The van der Waals surface area contributed by atoms with Crippen LogP contribution < -0.4 is 16.4 Å². The standard InChI is InChI=1S/C12H13N5O2/c1-17-10(6-7-14-17)16-12(19)15-9-5-3-2-4-8(9)11(13)18/h2-7H,1H3,(H2,13,18)(H2,15,16,19). The normalized spacial score (nSPS) is 9.95. The van der Waals surface area contributed by atoms with Gasteiger partial charge in [-0.2, -0.15) is 5.10 Å². The zero-order chi connectivity index (χ0) is 13.8. The van der Waals surface area contributed by atoms with Crippen LogP contribution in [0.25, 0.3) is 0 Å². The first-order valence-electron chi connectivity index (χ1n) is 5.53. The third kappa shape index (κ3) is 2.89. The molecule has 1 heterocycles. The Hall–Kier alpha value is -2.83. The quantitative estimate of drug-likeness (QED) is 0.770. The Morgan fingerprint density at radius 3 is 2.58 bits per heavy atom. The summed E-state index contributed by atoms with van der Waals surface area (Å²) in [5, 5.41) is 9.09. The van der Waals surface area contributed by atoms with Crippen LogP contribution in [0.5, 0.6) is 0 Å². The number of carbonyl (C=O) groups is 2. The van der Waals surface area contributed by atoms with E-state index in [-0.39, 0.29) is 5.56 Å². The van der Waals surface area contributed by atoms with Gasteiger partial charge in [0.05, 0.1) is 17.4 Å². The number of aryl methyl sites for hydroxylation is 1. The van der Waals surface area contributed by atoms with E-state index in [0.29, 0.717) is 11.5 Å². The summed E-state index contributed by atoms with van der Waals surface area (Å²) in [6.45, 7) is 0. The summed E-state index contributed by atoms with van der Waals surface area (Å²) in [6, 6.07) is 7.69. The maximum atomic E-state index is 11.8. The molecular formula is C12H13N5O2. The molecule has 0 aliphatic carbocycles. The number of nitrogens with one attached hydrogen (secondary N) is 2. The van der Waals surface area contributed by atoms with E-state index in [4.69, 9.17) is 5.73 Å². The predicted molar refractivity (Wildman–Crippen MR) is 70.8 cm³/mol. The number of carbonyl (C=O) groups excluding carboxylic acids is 2. The number of hydrogen-bond donors (Lipinski definition) is 3. The van der Waals surface area contributed by atoms with Crippen LogP contribution in [0.2, 0.25) is 0 Å². The Kier molecular flexibility index (Phi) is 3.46. The van der Waals surface area contributed by atoms with Crippen LogP contribution >= 0.6 is 0 Å². The molecule has 1 aromatic carbocycles. The van der Waals surface area contributed by atoms with Crippen LogP contribution in [0.3, 0.4) is 0 Å². The van der Waals surface area contributed by atoms with Crippen LogP contribution in [0.1, 0.15) is 10.4 Å². The molecule has 0 radical (unpaired) electrons. The molecule has 0 saturated carbocycles. The number of nitrogens with zero attached hydrogens (tertiary/aromatic N) is 2. The SMILES string of the molecule is Cn1nccc1NC(=O)Nc1ccccc1C(N)=O. The molecule has 2 aromatic rings. The molecule has 2 rings (SSSR count). The minimum Gasteiger partial charge on any atom is -0.366 e. The molecule has 0 aliphatic heterocycles. The van der Waals surface area contributed by atoms with Crippen molar-refractivity contribution < 1.29 is 9.59 Å². The van der Waals surface area contributed by atoms with Gasteiger partial charge in [0.1, 0.15) is 5.82 Å². The molecule has 0 fully saturated rings. The minimum absolute atomic E-state index is 0.252. The van der Waals surface area contributed by atoms with Gasteiger partial charge >= 0.3 is 6.03 Å². The van der Waals surface area contributed by atoms with E-state index in [1.165, 1.54) is 4.68 Å². The van der Waals surface area contributed by atoms with Crippen molar-refractivity contribution >= 4 is 23.4 Å². The van der Waals surface area contributed by atoms with Gasteiger partial charge in [0.25, 0.3) is 5.91 Å². The number of benzene rings is 1. The van der Waals surface area contributed by atoms with Gasteiger partial charge in [-0.05, 0) is 12.1 Å². The van der Waals surface area contributed by atoms with Crippen molar-refractivity contribution in [3.05, 3.63) is 42.1 Å². The third-order valence-corrected chi connectivity index (χ3v) is 2.50. The van der Waals surface area contributed by atoms with E-state index in [9.17, 15) is 9.59 Å². The predicted octanol–water partition coefficient (Wildman–Crippen LogP) is 1.16. The molecule has 7 nitrogen and oxygen atoms in total. The number of amides is 3. The highest BCUT2D eigenvalue weighted by atomic mass is 16.2. The second kappa shape index (κ2) is 5.21. The lowest BCUT2D eigenvalue weighted by molar-refractivity contribution is 0.100. The molecule has 0 aliphatic rings. The van der Waals surface area contributed by atoms with Gasteiger partial charge in [0.15, 0.2) is 0 Å². The summed E-state index contributed by atoms with van der Waals surface area (Å²) < 4.78 is 1.51. The van der Waals surface area contributed by atoms with Gasteiger partial charge in [-0.25, -0.2) is 4.79 Å². The van der Waals surface area contributed by atoms with Crippen LogP contribution in [0.15, 0.2) is 36.5 Å². The molecule has 1 aromatic heterocycles. The number of urea groups is 1. The Balaban J connectivity index is 2.11. The lowest BCUT2D eigenvalue weighted by atomic mass is 10.1. The van der Waals surface area contributed by atoms with Crippen molar-refractivity contribution in [1.82, 2.24) is 9.78 Å². The van der Waals surface area contributed by atoms with E-state index < -0.39 is 11.9 Å². The zero-order valence-electron chi connectivity index (χ0n) is 10.3. The number of nitrogens with two attached hydrogens (primary N) is 1. The third-order valence-electron chi connectivity index (χ3n) is 2.50. The van der Waals surface area contributed by atoms with Gasteiger partial charge in [-0.1, -0.05) is 12.1 Å². The molecule has 4 N–H and O–H groups in total. The molecular weight excluding hydrogens is 246 g/mol. The van der Waals surface area contributed by atoms with Crippen LogP contribution in [0.4, 0.5) is 16.3 Å². The highest BCUT2D eigenvalue weighted by Gasteiger charge is 2.11. The Bertz CT molecular complexity index is 620. The number of rotatable bonds is 3. The highest BCUT2D eigenvalue weighted by Crippen LogP contribution is 2.14. The van der Waals surface area contributed by atoms with Crippen LogP contribution in [-0.4, -0.2) is 21.7 Å². The van der Waals surface area contributed by atoms with Crippen molar-refractivity contribution in [3.63, 3.8) is 0 Å². The average molecular weight is 259 g/mol. The second-order valence-electron chi connectivity index (χ2n) is 3.83. The summed E-state index contributed by atoms with van der Waals surface area (Å²) in [7, 11) is 1.70. The van der Waals surface area contributed by atoms with Gasteiger partial charge < -0.3 is 11.1 Å². The fourth-order valence-corrected chi connectivity index (χ4v) is 1.57. The topological polar surface area (TPSA) is 102 Å². The number of primary amides is 1. The summed E-state index contributed by atoms with van der Waals surface area (Å²) >= 11 is 0. The first-order valence-corrected chi connectivity index (χ1v) is 5.53. The fraction of sp³-hybridized carbons (Fsp3) is 0.0833. The number of hydrogen-bond acceptors (Lipinski definition) is 3. The maximum Gasteiger partial charge on any atom is 0.324 e. The molecule has 98 valence electrons. The van der Waals surface area contributed by atoms with E-state index in [1.54, 1.807) is 43.6 Å². The molecule has 7 heteroatoms. The highest BCUT2D eigenvalue weighted by molar-refractivity contribution is 6.05. The summed E-state index contributed by atoms with van der Waals surface area (Å²) in [5.74, 6) is -0.0644. The molecule has 19 heavy (non-hydrogen) atoms. The van der Waals surface area contributed by atoms with E-state index in [2.05, 4.69) is 15.7 Å². The van der Waals surface area contributed by atoms with Crippen molar-refractivity contribution in [1.29, 1.82) is 0 Å². The fourth-order valence-electron chi connectivity index (χ4n) is 1.57. The average Bonchev–Trinajstić information content (AvgIpc) is 2.75. The van der Waals surface area contributed by atoms with Gasteiger partial charge in [0, 0.05) is 13.1 Å². The van der Waals surface area contributed by atoms with Crippen molar-refractivity contribution in [2.45, 2.75) is 0 Å². The summed E-state index contributed by atoms with van der Waals surface area (Å²) in [4.78, 5) is 23.0. The molecule has 0 bridgehead atoms. The van der Waals surface area contributed by atoms with Gasteiger partial charge in [-0.15, -0.1) is 0 Å². The first-order chi connectivity index (χ1) is 9.08. The molecule has 0 spiro atoms. The molecule has 0 saturated heterocycles. The Morgan fingerprint density at radius 1 is 1.21 bits per heavy atom.